The van der Waals surface area contributed by atoms with Crippen molar-refractivity contribution in [2.75, 3.05) is 78.2 Å². The average Bonchev–Trinajstić information content (AvgIpc) is 1.62. The summed E-state index contributed by atoms with van der Waals surface area (Å²) in [7, 11) is 13.6. The SMILES string of the molecule is C=C(Cc1c(Cc2[nH]c(/C=C3/N=C(CC4=N/C(=C/c5[nH]c(Cc6[nH]c7c(c6CCC(=O)OC)CC(=O)NC7)c(CC(=O)OC)c5CCC(=O)OC)C(CCC(=O)OC)=C4CC(=O)OC)C(CC(=O)OC)=C3CCC(=O)OC)c(CC(=O)OC)c2CCC(=O)OC)[nH]c(C(=O)OC(C)(C)C)c1CCC(=O)OC)OC. The van der Waals surface area contributed by atoms with Gasteiger partial charge in [0.1, 0.15) is 11.3 Å². The number of nitrogens with one attached hydrogen (secondary N) is 5. The highest BCUT2D eigenvalue weighted by Crippen LogP contribution is 2.41. The smallest absolute Gasteiger partial charge is 0.355 e. The maximum atomic E-state index is 14.2. The summed E-state index contributed by atoms with van der Waals surface area (Å²) in [5, 5.41) is 2.85. The number of nitrogens with zero attached hydrogens (tertiary/aromatic N) is 2. The van der Waals surface area contributed by atoms with Gasteiger partial charge in [0.2, 0.25) is 5.91 Å². The summed E-state index contributed by atoms with van der Waals surface area (Å²) in [6, 6.07) is 0. The highest BCUT2D eigenvalue weighted by atomic mass is 16.6. The number of esters is 11. The highest BCUT2D eigenvalue weighted by molar-refractivity contribution is 6.23. The maximum Gasteiger partial charge on any atom is 0.355 e. The van der Waals surface area contributed by atoms with Gasteiger partial charge in [0, 0.05) is 104 Å². The van der Waals surface area contributed by atoms with Crippen molar-refractivity contribution in [1.29, 1.82) is 0 Å². The molecule has 3 aliphatic heterocycles. The number of hydrogen-bond acceptors (Lipinski definition) is 26. The molecular formula is C77H95N7O24. The molecule has 582 valence electrons. The Kier molecular flexibility index (Phi) is 30.1. The van der Waals surface area contributed by atoms with Crippen LogP contribution in [-0.2, 0) is 180 Å². The van der Waals surface area contributed by atoms with Gasteiger partial charge in [-0.05, 0) is 138 Å². The lowest BCUT2D eigenvalue weighted by Crippen LogP contribution is -2.30. The van der Waals surface area contributed by atoms with Crippen LogP contribution in [0.25, 0.3) is 12.2 Å². The van der Waals surface area contributed by atoms with Gasteiger partial charge < -0.3 is 82.1 Å². The lowest BCUT2D eigenvalue weighted by Gasteiger charge is -2.19. The van der Waals surface area contributed by atoms with Crippen LogP contribution < -0.4 is 5.32 Å². The van der Waals surface area contributed by atoms with Gasteiger partial charge in [0.25, 0.3) is 0 Å². The predicted octanol–water partition coefficient (Wildman–Crippen LogP) is 7.17. The Labute approximate surface area is 624 Å². The lowest BCUT2D eigenvalue weighted by molar-refractivity contribution is -0.141. The van der Waals surface area contributed by atoms with E-state index in [1.54, 1.807) is 32.9 Å². The number of fused-ring (bicyclic) bond motifs is 1. The van der Waals surface area contributed by atoms with Crippen molar-refractivity contribution in [1.82, 2.24) is 25.3 Å². The van der Waals surface area contributed by atoms with Crippen LogP contribution in [0.15, 0.2) is 56.0 Å². The lowest BCUT2D eigenvalue weighted by atomic mass is 9.91. The molecule has 5 N–H and O–H groups in total. The Morgan fingerprint density at radius 2 is 0.769 bits per heavy atom. The molecule has 108 heavy (non-hydrogen) atoms. The number of amides is 1. The van der Waals surface area contributed by atoms with E-state index in [4.69, 9.17) is 66.8 Å². The topological polar surface area (TPSA) is 416 Å². The van der Waals surface area contributed by atoms with Crippen molar-refractivity contribution in [3.63, 3.8) is 0 Å². The van der Waals surface area contributed by atoms with Gasteiger partial charge in [-0.25, -0.2) is 4.79 Å². The monoisotopic (exact) mass is 1500 g/mol. The number of aromatic nitrogens is 4. The van der Waals surface area contributed by atoms with Crippen LogP contribution >= 0.6 is 0 Å². The third kappa shape index (κ3) is 21.9. The van der Waals surface area contributed by atoms with Crippen LogP contribution in [0, 0.1) is 0 Å². The minimum atomic E-state index is -0.960. The molecule has 0 aliphatic carbocycles. The number of carbonyl (C=O) groups excluding carboxylic acids is 12. The molecule has 0 atom stereocenters. The first kappa shape index (κ1) is 83.9. The number of rotatable bonds is 38. The van der Waals surface area contributed by atoms with E-state index in [1.165, 1.54) is 78.2 Å². The Morgan fingerprint density at radius 1 is 0.398 bits per heavy atom. The van der Waals surface area contributed by atoms with Gasteiger partial charge >= 0.3 is 65.7 Å². The Hall–Kier alpha value is -11.4. The Balaban J connectivity index is 1.53. The number of allylic oxidation sites excluding steroid dienone is 3. The van der Waals surface area contributed by atoms with Crippen LogP contribution in [0.5, 0.6) is 0 Å². The van der Waals surface area contributed by atoms with Crippen LogP contribution in [0.3, 0.4) is 0 Å². The summed E-state index contributed by atoms with van der Waals surface area (Å²) in [6.45, 7) is 9.36. The molecule has 1 amide bonds. The number of carbonyl (C=O) groups is 12. The summed E-state index contributed by atoms with van der Waals surface area (Å²) < 4.78 is 63.0. The molecule has 31 heteroatoms. The van der Waals surface area contributed by atoms with E-state index in [9.17, 15) is 57.5 Å². The van der Waals surface area contributed by atoms with Gasteiger partial charge in [-0.3, -0.25) is 62.7 Å². The van der Waals surface area contributed by atoms with Crippen molar-refractivity contribution in [2.45, 2.75) is 168 Å². The molecule has 0 spiro atoms. The van der Waals surface area contributed by atoms with Crippen molar-refractivity contribution in [3.8, 4) is 0 Å². The average molecular weight is 1500 g/mol. The molecule has 0 saturated heterocycles. The molecule has 3 aliphatic rings. The van der Waals surface area contributed by atoms with E-state index in [1.807, 2.05) is 0 Å². The van der Waals surface area contributed by atoms with E-state index in [2.05, 4.69) is 31.8 Å². The molecule has 0 radical (unpaired) electrons. The van der Waals surface area contributed by atoms with Crippen LogP contribution in [0.1, 0.15) is 186 Å². The van der Waals surface area contributed by atoms with Crippen molar-refractivity contribution in [3.05, 3.63) is 136 Å². The fourth-order valence-electron chi connectivity index (χ4n) is 13.2. The van der Waals surface area contributed by atoms with Gasteiger partial charge in [0.15, 0.2) is 0 Å². The Morgan fingerprint density at radius 3 is 1.21 bits per heavy atom. The summed E-state index contributed by atoms with van der Waals surface area (Å²) in [5.41, 5.74) is 8.29. The maximum absolute atomic E-state index is 14.2. The quantitative estimate of drug-likeness (QED) is 0.0168. The number of H-pyrrole nitrogens is 4. The van der Waals surface area contributed by atoms with Crippen LogP contribution in [0.4, 0.5) is 0 Å². The Bertz CT molecular complexity index is 4370. The fraction of sp³-hybridized carbons (Fsp3) is 0.481. The third-order valence-corrected chi connectivity index (χ3v) is 18.6. The van der Waals surface area contributed by atoms with Crippen LogP contribution in [-0.4, -0.2) is 187 Å². The van der Waals surface area contributed by atoms with E-state index in [-0.39, 0.29) is 173 Å². The van der Waals surface area contributed by atoms with Crippen LogP contribution in [0.2, 0.25) is 0 Å². The molecule has 0 unspecified atom stereocenters. The summed E-state index contributed by atoms with van der Waals surface area (Å²) >= 11 is 0. The minimum absolute atomic E-state index is 0.0132. The largest absolute Gasteiger partial charge is 0.501 e. The summed E-state index contributed by atoms with van der Waals surface area (Å²) in [4.78, 5) is 185. The van der Waals surface area contributed by atoms with Gasteiger partial charge in [-0.15, -0.1) is 0 Å². The first-order valence-corrected chi connectivity index (χ1v) is 34.8. The van der Waals surface area contributed by atoms with Crippen molar-refractivity contribution in [2.24, 2.45) is 9.98 Å². The third-order valence-electron chi connectivity index (χ3n) is 18.6. The predicted molar refractivity (Wildman–Crippen MR) is 387 cm³/mol. The number of hydrogen-bond donors (Lipinski definition) is 5. The first-order chi connectivity index (χ1) is 51.5. The van der Waals surface area contributed by atoms with E-state index in [0.717, 1.165) is 0 Å². The van der Waals surface area contributed by atoms with E-state index < -0.39 is 90.5 Å². The zero-order valence-corrected chi connectivity index (χ0v) is 63.6. The van der Waals surface area contributed by atoms with Gasteiger partial charge in [-0.1, -0.05) is 6.58 Å². The second kappa shape index (κ2) is 38.7. The molecule has 0 aromatic carbocycles. The molecule has 0 bridgehead atoms. The molecule has 31 nitrogen and oxygen atoms in total. The van der Waals surface area contributed by atoms with E-state index in [0.29, 0.717) is 95.6 Å². The number of aromatic amines is 4. The second-order valence-electron chi connectivity index (χ2n) is 26.4. The van der Waals surface area contributed by atoms with Crippen molar-refractivity contribution >= 4 is 95.1 Å². The van der Waals surface area contributed by atoms with E-state index >= 15 is 0 Å². The molecule has 7 heterocycles. The minimum Gasteiger partial charge on any atom is -0.501 e. The summed E-state index contributed by atoms with van der Waals surface area (Å²) in [6.07, 6.45) is 0.410. The number of methoxy groups -OCH3 is 11. The van der Waals surface area contributed by atoms with Gasteiger partial charge in [0.05, 0.1) is 145 Å². The van der Waals surface area contributed by atoms with Gasteiger partial charge in [-0.2, -0.15) is 0 Å². The standard InChI is InChI=1S/C77H95N7O24/c1-40(97-5)28-47-46(21-27-70(91)103-11)75(76(96)108-77(2,3)4)84-62(47)37-56-45(20-26-69(90)102-10)50(31-72(93)105-13)58(82-56)35-55-44(19-25-68(89)101-9)52(33-74(95)107-15)61(81-55)38-60-51(32-73(94)106-14)43(18-24-67(88)100-8)54(80-60)34-53-42(17-23-66(87)99-7)49(30-71(92)104-12)59(79-53)36-57-41(16-22-65(86)98-6)48-29-64(85)78-39-63(48)83-57/h34-35,79,82-84H,1,16-33,36-39H2,2-15H3,(H,78,85)/b54-34+,55-35+. The molecule has 0 fully saturated rings. The fourth-order valence-corrected chi connectivity index (χ4v) is 13.2. The highest BCUT2D eigenvalue weighted by Gasteiger charge is 2.36. The molecular weight excluding hydrogens is 1410 g/mol. The number of ether oxygens (including phenoxy) is 12. The zero-order valence-electron chi connectivity index (χ0n) is 63.6. The summed E-state index contributed by atoms with van der Waals surface area (Å²) in [5.74, 6) is -6.94. The molecule has 0 saturated carbocycles. The first-order valence-electron chi connectivity index (χ1n) is 34.8. The molecule has 4 aromatic rings. The zero-order chi connectivity index (χ0) is 79.3. The molecule has 4 aromatic heterocycles. The number of aliphatic imine (C=N–C) groups is 2. The van der Waals surface area contributed by atoms with Crippen molar-refractivity contribution < 1.29 is 114 Å². The normalized spacial score (nSPS) is 14.0. The molecule has 7 rings (SSSR count). The second-order valence-corrected chi connectivity index (χ2v) is 26.4.